The van der Waals surface area contributed by atoms with Gasteiger partial charge in [-0.1, -0.05) is 72.8 Å². The van der Waals surface area contributed by atoms with Crippen molar-refractivity contribution in [3.63, 3.8) is 0 Å². The van der Waals surface area contributed by atoms with Crippen molar-refractivity contribution in [3.05, 3.63) is 143 Å². The molecule has 46 heavy (non-hydrogen) atoms. The highest BCUT2D eigenvalue weighted by atomic mass is 16.5. The SMILES string of the molecule is CCOC(=O)c1cccc2c1-c1ccccc1C2=NN=C1C=CC(=NN=C2c3ccccc3-c3c(C(=O)OCC)cccc32)C=C1. The summed E-state index contributed by atoms with van der Waals surface area (Å²) in [5.41, 5.74) is 10.6. The number of esters is 2. The Labute approximate surface area is 265 Å². The van der Waals surface area contributed by atoms with Crippen LogP contribution in [0.25, 0.3) is 22.3 Å². The van der Waals surface area contributed by atoms with Gasteiger partial charge in [-0.25, -0.2) is 9.59 Å². The van der Waals surface area contributed by atoms with Crippen LogP contribution in [0.1, 0.15) is 56.8 Å². The molecule has 8 nitrogen and oxygen atoms in total. The van der Waals surface area contributed by atoms with E-state index in [1.54, 1.807) is 26.0 Å². The van der Waals surface area contributed by atoms with Crippen LogP contribution in [0.3, 0.4) is 0 Å². The minimum Gasteiger partial charge on any atom is -0.462 e. The maximum atomic E-state index is 12.7. The molecule has 4 aromatic rings. The van der Waals surface area contributed by atoms with E-state index in [1.165, 1.54) is 0 Å². The standard InChI is InChI=1S/C38H28N4O4/c1-3-45-37(43)31-17-9-15-29-33(31)25-11-5-7-13-27(25)35(29)41-39-23-19-21-24(22-20-23)40-42-36-28-14-8-6-12-26(28)34-30(36)16-10-18-32(34)38(44)46-4-2/h5-22H,3-4H2,1-2H3. The van der Waals surface area contributed by atoms with E-state index in [4.69, 9.17) is 9.47 Å². The molecule has 224 valence electrons. The van der Waals surface area contributed by atoms with Crippen molar-refractivity contribution >= 4 is 34.8 Å². The fourth-order valence-electron chi connectivity index (χ4n) is 5.96. The van der Waals surface area contributed by atoms with Gasteiger partial charge in [0, 0.05) is 33.4 Å². The molecule has 0 heterocycles. The predicted octanol–water partition coefficient (Wildman–Crippen LogP) is 7.21. The van der Waals surface area contributed by atoms with Crippen LogP contribution in [-0.4, -0.2) is 48.0 Å². The van der Waals surface area contributed by atoms with Crippen LogP contribution in [-0.2, 0) is 9.47 Å². The fraction of sp³-hybridized carbons (Fsp3) is 0.105. The molecule has 3 aliphatic rings. The van der Waals surface area contributed by atoms with Gasteiger partial charge in [-0.05, 0) is 61.4 Å². The second-order valence-corrected chi connectivity index (χ2v) is 10.6. The summed E-state index contributed by atoms with van der Waals surface area (Å²) in [5, 5.41) is 18.3. The summed E-state index contributed by atoms with van der Waals surface area (Å²) in [6.45, 7) is 4.18. The summed E-state index contributed by atoms with van der Waals surface area (Å²) >= 11 is 0. The first kappa shape index (κ1) is 28.7. The number of ether oxygens (including phenoxy) is 2. The summed E-state index contributed by atoms with van der Waals surface area (Å²) in [6, 6.07) is 26.8. The molecule has 0 aliphatic heterocycles. The zero-order chi connectivity index (χ0) is 31.6. The summed E-state index contributed by atoms with van der Waals surface area (Å²) < 4.78 is 10.6. The third kappa shape index (κ3) is 4.99. The van der Waals surface area contributed by atoms with E-state index in [0.29, 0.717) is 47.2 Å². The van der Waals surface area contributed by atoms with Crippen LogP contribution in [0.4, 0.5) is 0 Å². The molecule has 0 radical (unpaired) electrons. The van der Waals surface area contributed by atoms with E-state index in [0.717, 1.165) is 44.5 Å². The molecule has 3 aliphatic carbocycles. The Morgan fingerprint density at radius 3 is 1.24 bits per heavy atom. The van der Waals surface area contributed by atoms with E-state index in [2.05, 4.69) is 20.4 Å². The molecule has 7 rings (SSSR count). The van der Waals surface area contributed by atoms with Crippen molar-refractivity contribution in [2.24, 2.45) is 20.4 Å². The second kappa shape index (κ2) is 12.2. The van der Waals surface area contributed by atoms with E-state index < -0.39 is 0 Å². The first-order valence-electron chi connectivity index (χ1n) is 15.1. The van der Waals surface area contributed by atoms with Gasteiger partial charge in [0.15, 0.2) is 0 Å². The van der Waals surface area contributed by atoms with Gasteiger partial charge in [0.1, 0.15) is 11.4 Å². The van der Waals surface area contributed by atoms with Crippen molar-refractivity contribution in [2.75, 3.05) is 13.2 Å². The molecule has 8 heteroatoms. The highest BCUT2D eigenvalue weighted by Gasteiger charge is 2.31. The molecule has 4 aromatic carbocycles. The van der Waals surface area contributed by atoms with Gasteiger partial charge in [-0.2, -0.15) is 10.2 Å². The molecular weight excluding hydrogens is 576 g/mol. The molecule has 0 aromatic heterocycles. The Morgan fingerprint density at radius 1 is 0.478 bits per heavy atom. The number of allylic oxidation sites excluding steroid dienone is 4. The zero-order valence-corrected chi connectivity index (χ0v) is 25.2. The summed E-state index contributed by atoms with van der Waals surface area (Å²) in [6.07, 6.45) is 7.31. The Kier molecular flexibility index (Phi) is 7.60. The van der Waals surface area contributed by atoms with Crippen molar-refractivity contribution in [1.29, 1.82) is 0 Å². The number of fused-ring (bicyclic) bond motifs is 6. The molecule has 0 saturated heterocycles. The second-order valence-electron chi connectivity index (χ2n) is 10.6. The molecule has 0 fully saturated rings. The van der Waals surface area contributed by atoms with E-state index >= 15 is 0 Å². The highest BCUT2D eigenvalue weighted by Crippen LogP contribution is 2.41. The molecule has 0 amide bonds. The molecular formula is C38H28N4O4. The average molecular weight is 605 g/mol. The maximum absolute atomic E-state index is 12.7. The number of benzene rings is 4. The smallest absolute Gasteiger partial charge is 0.338 e. The molecule has 0 N–H and O–H groups in total. The van der Waals surface area contributed by atoms with Gasteiger partial charge in [0.05, 0.1) is 35.8 Å². The van der Waals surface area contributed by atoms with Crippen molar-refractivity contribution in [2.45, 2.75) is 13.8 Å². The lowest BCUT2D eigenvalue weighted by atomic mass is 9.99. The number of rotatable bonds is 6. The van der Waals surface area contributed by atoms with Crippen LogP contribution in [0.5, 0.6) is 0 Å². The molecule has 0 saturated carbocycles. The number of hydrogen-bond donors (Lipinski definition) is 0. The average Bonchev–Trinajstić information content (AvgIpc) is 3.59. The van der Waals surface area contributed by atoms with Crippen molar-refractivity contribution in [1.82, 2.24) is 0 Å². The van der Waals surface area contributed by atoms with E-state index in [9.17, 15) is 9.59 Å². The van der Waals surface area contributed by atoms with Gasteiger partial charge in [-0.3, -0.25) is 0 Å². The van der Waals surface area contributed by atoms with Gasteiger partial charge >= 0.3 is 11.9 Å². The lowest BCUT2D eigenvalue weighted by Gasteiger charge is -2.08. The molecule has 0 unspecified atom stereocenters. The topological polar surface area (TPSA) is 102 Å². The quantitative estimate of drug-likeness (QED) is 0.114. The van der Waals surface area contributed by atoms with E-state index in [1.807, 2.05) is 97.1 Å². The Hall–Kier alpha value is -6.02. The summed E-state index contributed by atoms with van der Waals surface area (Å²) in [5.74, 6) is -0.724. The van der Waals surface area contributed by atoms with Crippen LogP contribution < -0.4 is 0 Å². The van der Waals surface area contributed by atoms with Gasteiger partial charge in [0.2, 0.25) is 0 Å². The number of nitrogens with zero attached hydrogens (tertiary/aromatic N) is 4. The predicted molar refractivity (Wildman–Crippen MR) is 180 cm³/mol. The lowest BCUT2D eigenvalue weighted by Crippen LogP contribution is -2.07. The van der Waals surface area contributed by atoms with Gasteiger partial charge < -0.3 is 9.47 Å². The monoisotopic (exact) mass is 604 g/mol. The third-order valence-electron chi connectivity index (χ3n) is 7.91. The highest BCUT2D eigenvalue weighted by molar-refractivity contribution is 6.28. The van der Waals surface area contributed by atoms with Crippen LogP contribution in [0.2, 0.25) is 0 Å². The van der Waals surface area contributed by atoms with Crippen molar-refractivity contribution < 1.29 is 19.1 Å². The Balaban J connectivity index is 1.19. The molecule has 0 bridgehead atoms. The first-order chi connectivity index (χ1) is 22.6. The molecule has 0 spiro atoms. The first-order valence-corrected chi connectivity index (χ1v) is 15.1. The van der Waals surface area contributed by atoms with Crippen LogP contribution in [0, 0.1) is 0 Å². The van der Waals surface area contributed by atoms with E-state index in [-0.39, 0.29) is 11.9 Å². The molecule has 0 atom stereocenters. The number of carbonyl (C=O) groups is 2. The fourth-order valence-corrected chi connectivity index (χ4v) is 5.96. The number of carbonyl (C=O) groups excluding carboxylic acids is 2. The largest absolute Gasteiger partial charge is 0.462 e. The van der Waals surface area contributed by atoms with Gasteiger partial charge in [-0.15, -0.1) is 10.2 Å². The lowest BCUT2D eigenvalue weighted by molar-refractivity contribution is 0.0517. The van der Waals surface area contributed by atoms with Crippen LogP contribution in [0.15, 0.2) is 130 Å². The van der Waals surface area contributed by atoms with Crippen LogP contribution >= 0.6 is 0 Å². The summed E-state index contributed by atoms with van der Waals surface area (Å²) in [7, 11) is 0. The third-order valence-corrected chi connectivity index (χ3v) is 7.91. The Morgan fingerprint density at radius 2 is 0.848 bits per heavy atom. The minimum atomic E-state index is -0.362. The maximum Gasteiger partial charge on any atom is 0.338 e. The Bertz CT molecular complexity index is 1950. The summed E-state index contributed by atoms with van der Waals surface area (Å²) in [4.78, 5) is 25.5. The minimum absolute atomic E-state index is 0.298. The van der Waals surface area contributed by atoms with Crippen molar-refractivity contribution in [3.8, 4) is 22.3 Å². The number of hydrogen-bond acceptors (Lipinski definition) is 8. The normalized spacial score (nSPS) is 15.3. The zero-order valence-electron chi connectivity index (χ0n) is 25.2. The van der Waals surface area contributed by atoms with Gasteiger partial charge in [0.25, 0.3) is 0 Å².